The lowest BCUT2D eigenvalue weighted by molar-refractivity contribution is 0.0746. The zero-order valence-electron chi connectivity index (χ0n) is 17.4. The van der Waals surface area contributed by atoms with E-state index >= 15 is 0 Å². The number of hydrogen-bond acceptors (Lipinski definition) is 4. The first-order chi connectivity index (χ1) is 14.5. The van der Waals surface area contributed by atoms with Crippen molar-refractivity contribution in [3.8, 4) is 0 Å². The number of carbonyl (C=O) groups is 1. The van der Waals surface area contributed by atoms with Crippen molar-refractivity contribution in [3.05, 3.63) is 60.2 Å². The van der Waals surface area contributed by atoms with Crippen molar-refractivity contribution in [2.45, 2.75) is 37.1 Å². The molecule has 2 fully saturated rings. The van der Waals surface area contributed by atoms with Gasteiger partial charge in [0.15, 0.2) is 0 Å². The van der Waals surface area contributed by atoms with Crippen LogP contribution < -0.4 is 4.90 Å². The van der Waals surface area contributed by atoms with Crippen molar-refractivity contribution in [1.29, 1.82) is 0 Å². The van der Waals surface area contributed by atoms with Crippen molar-refractivity contribution in [2.24, 2.45) is 0 Å². The van der Waals surface area contributed by atoms with Crippen molar-refractivity contribution in [2.75, 3.05) is 37.6 Å². The highest BCUT2D eigenvalue weighted by atomic mass is 32.2. The zero-order chi connectivity index (χ0) is 21.1. The van der Waals surface area contributed by atoms with E-state index in [-0.39, 0.29) is 16.8 Å². The monoisotopic (exact) mass is 427 g/mol. The van der Waals surface area contributed by atoms with Gasteiger partial charge in [-0.25, -0.2) is 8.42 Å². The number of amides is 1. The first-order valence-corrected chi connectivity index (χ1v) is 12.1. The Bertz CT molecular complexity index is 969. The lowest BCUT2D eigenvalue weighted by Gasteiger charge is -2.36. The first kappa shape index (κ1) is 20.9. The van der Waals surface area contributed by atoms with Crippen molar-refractivity contribution in [3.63, 3.8) is 0 Å². The van der Waals surface area contributed by atoms with E-state index in [2.05, 4.69) is 17.0 Å². The van der Waals surface area contributed by atoms with Crippen LogP contribution in [0.25, 0.3) is 0 Å². The molecule has 2 saturated heterocycles. The minimum Gasteiger partial charge on any atom is -0.368 e. The highest BCUT2D eigenvalue weighted by Crippen LogP contribution is 2.25. The van der Waals surface area contributed by atoms with Crippen LogP contribution in [0.15, 0.2) is 59.5 Å². The molecule has 30 heavy (non-hydrogen) atoms. The molecule has 2 aliphatic heterocycles. The topological polar surface area (TPSA) is 60.9 Å². The summed E-state index contributed by atoms with van der Waals surface area (Å²) >= 11 is 0. The summed E-state index contributed by atoms with van der Waals surface area (Å²) in [5, 5.41) is 0. The Morgan fingerprint density at radius 2 is 1.53 bits per heavy atom. The second-order valence-electron chi connectivity index (χ2n) is 8.10. The smallest absolute Gasteiger partial charge is 0.253 e. The van der Waals surface area contributed by atoms with Gasteiger partial charge in [0, 0.05) is 50.0 Å². The molecule has 2 aromatic rings. The fourth-order valence-corrected chi connectivity index (χ4v) is 6.02. The number of anilines is 1. The molecule has 0 radical (unpaired) electrons. The maximum absolute atomic E-state index is 13.0. The van der Waals surface area contributed by atoms with Crippen LogP contribution in [-0.2, 0) is 10.0 Å². The second kappa shape index (κ2) is 8.78. The average molecular weight is 428 g/mol. The number of piperazine rings is 1. The third-order valence-corrected chi connectivity index (χ3v) is 8.17. The number of para-hydroxylation sites is 1. The highest BCUT2D eigenvalue weighted by molar-refractivity contribution is 7.89. The number of piperidine rings is 1. The number of sulfonamides is 1. The molecule has 2 heterocycles. The van der Waals surface area contributed by atoms with E-state index in [1.165, 1.54) is 5.69 Å². The van der Waals surface area contributed by atoms with Crippen LogP contribution in [0.1, 0.15) is 36.5 Å². The molecule has 0 bridgehead atoms. The van der Waals surface area contributed by atoms with E-state index in [0.29, 0.717) is 25.2 Å². The Morgan fingerprint density at radius 1 is 0.867 bits per heavy atom. The van der Waals surface area contributed by atoms with E-state index in [0.717, 1.165) is 32.4 Å². The minimum atomic E-state index is -3.51. The lowest BCUT2D eigenvalue weighted by Crippen LogP contribution is -2.48. The van der Waals surface area contributed by atoms with E-state index in [1.54, 1.807) is 28.6 Å². The van der Waals surface area contributed by atoms with Crippen molar-refractivity contribution < 1.29 is 13.2 Å². The van der Waals surface area contributed by atoms with Crippen LogP contribution in [0, 0.1) is 0 Å². The number of benzene rings is 2. The van der Waals surface area contributed by atoms with Crippen LogP contribution in [-0.4, -0.2) is 62.3 Å². The van der Waals surface area contributed by atoms with Gasteiger partial charge in [-0.3, -0.25) is 4.79 Å². The fraction of sp³-hybridized carbons (Fsp3) is 0.435. The predicted molar refractivity (Wildman–Crippen MR) is 118 cm³/mol. The molecule has 2 aliphatic rings. The third-order valence-electron chi connectivity index (χ3n) is 6.14. The van der Waals surface area contributed by atoms with E-state index in [9.17, 15) is 13.2 Å². The second-order valence-corrected chi connectivity index (χ2v) is 9.99. The molecule has 0 aromatic heterocycles. The number of rotatable bonds is 4. The molecule has 1 amide bonds. The summed E-state index contributed by atoms with van der Waals surface area (Å²) in [6.45, 7) is 5.40. The normalized spacial score (nSPS) is 20.9. The maximum Gasteiger partial charge on any atom is 0.253 e. The van der Waals surface area contributed by atoms with Crippen LogP contribution >= 0.6 is 0 Å². The van der Waals surface area contributed by atoms with Crippen molar-refractivity contribution in [1.82, 2.24) is 9.21 Å². The maximum atomic E-state index is 13.0. The molecule has 160 valence electrons. The molecule has 0 spiro atoms. The van der Waals surface area contributed by atoms with Gasteiger partial charge in [0.1, 0.15) is 0 Å². The summed E-state index contributed by atoms with van der Waals surface area (Å²) in [6, 6.07) is 16.7. The van der Waals surface area contributed by atoms with Crippen LogP contribution in [0.5, 0.6) is 0 Å². The standard InChI is InChI=1S/C23H29N3O3S/c1-19-7-5-6-14-26(19)30(28,29)22-12-10-20(11-13-22)23(27)25-17-15-24(16-18-25)21-8-3-2-4-9-21/h2-4,8-13,19H,5-7,14-18H2,1H3/t19-/m0/s1. The molecule has 1 atom stereocenters. The number of hydrogen-bond donors (Lipinski definition) is 0. The third kappa shape index (κ3) is 4.23. The molecule has 0 aliphatic carbocycles. The fourth-order valence-electron chi connectivity index (χ4n) is 4.32. The first-order valence-electron chi connectivity index (χ1n) is 10.7. The largest absolute Gasteiger partial charge is 0.368 e. The van der Waals surface area contributed by atoms with E-state index < -0.39 is 10.0 Å². The quantitative estimate of drug-likeness (QED) is 0.752. The minimum absolute atomic E-state index is 0.0194. The summed E-state index contributed by atoms with van der Waals surface area (Å²) in [4.78, 5) is 17.3. The van der Waals surface area contributed by atoms with Gasteiger partial charge in [-0.15, -0.1) is 0 Å². The lowest BCUT2D eigenvalue weighted by atomic mass is 10.1. The van der Waals surface area contributed by atoms with Gasteiger partial charge >= 0.3 is 0 Å². The Labute approximate surface area is 179 Å². The number of carbonyl (C=O) groups excluding carboxylic acids is 1. The van der Waals surface area contributed by atoms with Crippen LogP contribution in [0.2, 0.25) is 0 Å². The molecule has 0 unspecified atom stereocenters. The molecule has 0 saturated carbocycles. The Hall–Kier alpha value is -2.38. The van der Waals surface area contributed by atoms with Crippen LogP contribution in [0.4, 0.5) is 5.69 Å². The van der Waals surface area contributed by atoms with Crippen LogP contribution in [0.3, 0.4) is 0 Å². The molecule has 2 aromatic carbocycles. The molecule has 4 rings (SSSR count). The van der Waals surface area contributed by atoms with Gasteiger partial charge in [0.25, 0.3) is 5.91 Å². The summed E-state index contributed by atoms with van der Waals surface area (Å²) in [5.74, 6) is -0.0435. The van der Waals surface area contributed by atoms with Crippen molar-refractivity contribution >= 4 is 21.6 Å². The molecule has 6 nitrogen and oxygen atoms in total. The Kier molecular flexibility index (Phi) is 6.11. The summed E-state index contributed by atoms with van der Waals surface area (Å²) in [5.41, 5.74) is 1.71. The number of nitrogens with zero attached hydrogens (tertiary/aromatic N) is 3. The van der Waals surface area contributed by atoms with Gasteiger partial charge in [-0.05, 0) is 56.2 Å². The molecule has 0 N–H and O–H groups in total. The molecular formula is C23H29N3O3S. The van der Waals surface area contributed by atoms with E-state index in [4.69, 9.17) is 0 Å². The molecule has 7 heteroatoms. The van der Waals surface area contributed by atoms with Gasteiger partial charge in [-0.2, -0.15) is 4.31 Å². The van der Waals surface area contributed by atoms with Gasteiger partial charge in [0.2, 0.25) is 10.0 Å². The summed E-state index contributed by atoms with van der Waals surface area (Å²) < 4.78 is 27.5. The zero-order valence-corrected chi connectivity index (χ0v) is 18.2. The Morgan fingerprint density at radius 3 is 2.17 bits per heavy atom. The molecular weight excluding hydrogens is 398 g/mol. The SMILES string of the molecule is C[C@H]1CCCCN1S(=O)(=O)c1ccc(C(=O)N2CCN(c3ccccc3)CC2)cc1. The summed E-state index contributed by atoms with van der Waals surface area (Å²) in [7, 11) is -3.51. The van der Waals surface area contributed by atoms with Gasteiger partial charge in [0.05, 0.1) is 4.90 Å². The summed E-state index contributed by atoms with van der Waals surface area (Å²) in [6.07, 6.45) is 2.86. The predicted octanol–water partition coefficient (Wildman–Crippen LogP) is 3.21. The van der Waals surface area contributed by atoms with Gasteiger partial charge < -0.3 is 9.80 Å². The Balaban J connectivity index is 1.41. The van der Waals surface area contributed by atoms with E-state index in [1.807, 2.05) is 30.0 Å². The highest BCUT2D eigenvalue weighted by Gasteiger charge is 2.31. The average Bonchev–Trinajstić information content (AvgIpc) is 2.79. The van der Waals surface area contributed by atoms with Gasteiger partial charge in [-0.1, -0.05) is 24.6 Å².